The molecule has 0 amide bonds. The molecule has 2 aromatic carbocycles. The summed E-state index contributed by atoms with van der Waals surface area (Å²) in [7, 11) is -4.26. The molecule has 4 aromatic rings. The van der Waals surface area contributed by atoms with Gasteiger partial charge in [0.15, 0.2) is 17.3 Å². The Labute approximate surface area is 289 Å². The molecule has 15 nitrogen and oxygen atoms in total. The van der Waals surface area contributed by atoms with Crippen molar-refractivity contribution < 1.29 is 41.8 Å². The van der Waals surface area contributed by atoms with Gasteiger partial charge in [-0.15, -0.1) is 0 Å². The van der Waals surface area contributed by atoms with E-state index in [1.165, 1.54) is 32.2 Å². The number of sulfonamides is 1. The van der Waals surface area contributed by atoms with E-state index in [2.05, 4.69) is 20.4 Å². The lowest BCUT2D eigenvalue weighted by Crippen LogP contribution is -2.54. The number of nitrogens with two attached hydrogens (primary N) is 1. The Kier molecular flexibility index (Phi) is 10.8. The average molecular weight is 709 g/mol. The summed E-state index contributed by atoms with van der Waals surface area (Å²) in [5.41, 5.74) is 7.93. The first-order valence-corrected chi connectivity index (χ1v) is 17.6. The number of rotatable bonds is 6. The van der Waals surface area contributed by atoms with Crippen molar-refractivity contribution in [1.82, 2.24) is 24.7 Å². The van der Waals surface area contributed by atoms with Gasteiger partial charge in [-0.1, -0.05) is 29.4 Å². The highest BCUT2D eigenvalue weighted by molar-refractivity contribution is 7.89. The number of nitrogens with one attached hydrogen (secondary N) is 1. The number of hydrogen-bond acceptors (Lipinski definition) is 13. The third-order valence-electron chi connectivity index (χ3n) is 8.54. The van der Waals surface area contributed by atoms with Gasteiger partial charge in [-0.2, -0.15) is 4.31 Å². The highest BCUT2D eigenvalue weighted by Gasteiger charge is 2.42. The summed E-state index contributed by atoms with van der Waals surface area (Å²) < 4.78 is 57.0. The van der Waals surface area contributed by atoms with Crippen molar-refractivity contribution in [2.24, 2.45) is 5.92 Å². The lowest BCUT2D eigenvalue weighted by atomic mass is 10.1. The number of carboxylic acids is 1. The molecule has 3 aliphatic rings. The Balaban J connectivity index is 1.32. The first-order valence-electron chi connectivity index (χ1n) is 16.2. The van der Waals surface area contributed by atoms with E-state index in [0.717, 1.165) is 35.2 Å². The predicted molar refractivity (Wildman–Crippen MR) is 182 cm³/mol. The molecular weight excluding hydrogens is 668 g/mol. The molecule has 266 valence electrons. The SMILES string of the molecule is CC(C)(C(=O)O)N1CCOCCOCCOc2cc(ccc2CNCC2COC2)-c2cc(on2)-c2nc(cnc2N)-c2ccc(cc2)S1(=O)=O. The minimum Gasteiger partial charge on any atom is -0.491 e. The first kappa shape index (κ1) is 35.4. The van der Waals surface area contributed by atoms with Gasteiger partial charge in [0.2, 0.25) is 10.0 Å². The number of carboxylic acid groups (broad SMARTS) is 1. The highest BCUT2D eigenvalue weighted by Crippen LogP contribution is 2.33. The van der Waals surface area contributed by atoms with Crippen LogP contribution in [0.1, 0.15) is 19.4 Å². The van der Waals surface area contributed by atoms with E-state index in [9.17, 15) is 18.3 Å². The molecule has 2 aromatic heterocycles. The van der Waals surface area contributed by atoms with Crippen molar-refractivity contribution in [3.05, 3.63) is 60.3 Å². The second-order valence-corrected chi connectivity index (χ2v) is 14.3. The molecular formula is C34H40N6O9S. The Morgan fingerprint density at radius 3 is 2.42 bits per heavy atom. The zero-order valence-corrected chi connectivity index (χ0v) is 28.6. The number of benzene rings is 2. The van der Waals surface area contributed by atoms with Gasteiger partial charge in [0.05, 0.1) is 56.4 Å². The third kappa shape index (κ3) is 7.80. The Morgan fingerprint density at radius 1 is 0.980 bits per heavy atom. The molecule has 0 unspecified atom stereocenters. The maximum absolute atomic E-state index is 13.8. The maximum Gasteiger partial charge on any atom is 0.324 e. The lowest BCUT2D eigenvalue weighted by Gasteiger charge is -2.34. The van der Waals surface area contributed by atoms with Crippen molar-refractivity contribution in [3.8, 4) is 39.7 Å². The largest absolute Gasteiger partial charge is 0.491 e. The molecule has 1 saturated heterocycles. The van der Waals surface area contributed by atoms with Gasteiger partial charge in [0, 0.05) is 48.3 Å². The normalized spacial score (nSPS) is 17.7. The van der Waals surface area contributed by atoms with Crippen LogP contribution in [0.25, 0.3) is 34.0 Å². The average Bonchev–Trinajstić information content (AvgIpc) is 3.57. The smallest absolute Gasteiger partial charge is 0.324 e. The Morgan fingerprint density at radius 2 is 1.70 bits per heavy atom. The minimum atomic E-state index is -4.26. The van der Waals surface area contributed by atoms with Crippen molar-refractivity contribution in [1.29, 1.82) is 0 Å². The number of nitrogens with zero attached hydrogens (tertiary/aromatic N) is 4. The molecule has 7 rings (SSSR count). The Hall–Kier alpha value is -4.45. The van der Waals surface area contributed by atoms with E-state index >= 15 is 0 Å². The van der Waals surface area contributed by atoms with Gasteiger partial charge < -0.3 is 39.6 Å². The number of nitrogen functional groups attached to an aromatic ring is 1. The van der Waals surface area contributed by atoms with Crippen LogP contribution >= 0.6 is 0 Å². The van der Waals surface area contributed by atoms with Crippen molar-refractivity contribution in [2.45, 2.75) is 30.8 Å². The number of fused-ring (bicyclic) bond motifs is 12. The zero-order valence-electron chi connectivity index (χ0n) is 27.8. The monoisotopic (exact) mass is 708 g/mol. The summed E-state index contributed by atoms with van der Waals surface area (Å²) in [6, 6.07) is 13.5. The summed E-state index contributed by atoms with van der Waals surface area (Å²) in [5, 5.41) is 17.7. The van der Waals surface area contributed by atoms with Crippen molar-refractivity contribution in [2.75, 3.05) is 65.1 Å². The fraction of sp³-hybridized carbons (Fsp3) is 0.412. The van der Waals surface area contributed by atoms with Crippen LogP contribution in [0.3, 0.4) is 0 Å². The second-order valence-electron chi connectivity index (χ2n) is 12.5. The molecule has 0 saturated carbocycles. The van der Waals surface area contributed by atoms with Gasteiger partial charge in [-0.3, -0.25) is 4.79 Å². The van der Waals surface area contributed by atoms with Crippen molar-refractivity contribution in [3.63, 3.8) is 0 Å². The topological polar surface area (TPSA) is 201 Å². The summed E-state index contributed by atoms with van der Waals surface area (Å²) in [6.07, 6.45) is 1.47. The number of hydrogen-bond donors (Lipinski definition) is 3. The maximum atomic E-state index is 13.8. The molecule has 8 bridgehead atoms. The van der Waals surface area contributed by atoms with Crippen LogP contribution in [0.15, 0.2) is 64.1 Å². The van der Waals surface area contributed by atoms with Crippen molar-refractivity contribution >= 4 is 21.8 Å². The lowest BCUT2D eigenvalue weighted by molar-refractivity contribution is -0.146. The van der Waals surface area contributed by atoms with E-state index in [1.54, 1.807) is 18.2 Å². The number of anilines is 1. The van der Waals surface area contributed by atoms with Gasteiger partial charge >= 0.3 is 5.97 Å². The number of ether oxygens (including phenoxy) is 4. The standard InChI is InChI=1S/C34H40N6O9S/c1-34(2,33(41)42)40-9-10-45-11-12-46-13-14-48-29-15-24(3-4-25(29)18-36-17-22-20-47-21-22)27-16-30(49-39-27)31-32(35)37-19-28(38-31)23-5-7-26(8-6-23)50(40,43)44/h3-8,15-16,19,22,36H,9-14,17-18,20-21H2,1-2H3,(H2,35,37)(H,41,42). The van der Waals surface area contributed by atoms with Crippen LogP contribution in [-0.4, -0.2) is 104 Å². The van der Waals surface area contributed by atoms with Crippen LogP contribution in [0.4, 0.5) is 5.82 Å². The number of aromatic nitrogens is 3. The molecule has 0 radical (unpaired) electrons. The Bertz CT molecular complexity index is 1910. The zero-order chi connectivity index (χ0) is 35.3. The van der Waals surface area contributed by atoms with Gasteiger partial charge in [-0.25, -0.2) is 18.4 Å². The second kappa shape index (κ2) is 15.2. The van der Waals surface area contributed by atoms with Crippen LogP contribution in [-0.2, 0) is 35.6 Å². The van der Waals surface area contributed by atoms with Crippen LogP contribution in [0.5, 0.6) is 5.75 Å². The third-order valence-corrected chi connectivity index (χ3v) is 10.6. The quantitative estimate of drug-likeness (QED) is 0.247. The predicted octanol–water partition coefficient (Wildman–Crippen LogP) is 3.06. The first-order chi connectivity index (χ1) is 24.0. The van der Waals surface area contributed by atoms with Gasteiger partial charge in [-0.05, 0) is 32.0 Å². The molecule has 16 heteroatoms. The molecule has 0 spiro atoms. The summed E-state index contributed by atoms with van der Waals surface area (Å²) in [6.45, 7) is 6.29. The van der Waals surface area contributed by atoms with E-state index in [-0.39, 0.29) is 56.0 Å². The van der Waals surface area contributed by atoms with E-state index in [1.807, 2.05) is 18.2 Å². The van der Waals surface area contributed by atoms with E-state index in [4.69, 9.17) is 29.2 Å². The molecule has 1 fully saturated rings. The van der Waals surface area contributed by atoms with Gasteiger partial charge in [0.1, 0.15) is 23.6 Å². The van der Waals surface area contributed by atoms with Crippen LogP contribution in [0.2, 0.25) is 0 Å². The fourth-order valence-corrected chi connectivity index (χ4v) is 7.19. The minimum absolute atomic E-state index is 0.0460. The van der Waals surface area contributed by atoms with Crippen LogP contribution < -0.4 is 15.8 Å². The number of aliphatic carboxylic acids is 1. The molecule has 4 N–H and O–H groups in total. The molecule has 3 aliphatic heterocycles. The molecule has 0 aliphatic carbocycles. The number of carbonyl (C=O) groups is 1. The van der Waals surface area contributed by atoms with Gasteiger partial charge in [0.25, 0.3) is 0 Å². The molecule has 5 heterocycles. The van der Waals surface area contributed by atoms with Crippen LogP contribution in [0, 0.1) is 5.92 Å². The van der Waals surface area contributed by atoms with E-state index < -0.39 is 21.5 Å². The highest BCUT2D eigenvalue weighted by atomic mass is 32.2. The summed E-state index contributed by atoms with van der Waals surface area (Å²) in [5.74, 6) is 0.264. The van der Waals surface area contributed by atoms with E-state index in [0.29, 0.717) is 40.9 Å². The molecule has 0 atom stereocenters. The molecule has 50 heavy (non-hydrogen) atoms. The fourth-order valence-electron chi connectivity index (χ4n) is 5.46. The summed E-state index contributed by atoms with van der Waals surface area (Å²) in [4.78, 5) is 21.0. The summed E-state index contributed by atoms with van der Waals surface area (Å²) >= 11 is 0.